The summed E-state index contributed by atoms with van der Waals surface area (Å²) in [5, 5.41) is 9.09. The van der Waals surface area contributed by atoms with E-state index in [2.05, 4.69) is 70.6 Å². The Morgan fingerprint density at radius 2 is 2.27 bits per heavy atom. The van der Waals surface area contributed by atoms with Crippen LogP contribution in [0.4, 0.5) is 0 Å². The third kappa shape index (κ3) is 4.96. The number of aliphatic imine (C=N–C) groups is 1. The number of nitrogens with one attached hydrogen (secondary N) is 2. The Bertz CT molecular complexity index is 500. The third-order valence-corrected chi connectivity index (χ3v) is 5.73. The van der Waals surface area contributed by atoms with Crippen LogP contribution in [-0.4, -0.2) is 42.6 Å². The maximum absolute atomic E-state index is 4.73. The minimum absolute atomic E-state index is 0.468. The van der Waals surface area contributed by atoms with Crippen molar-refractivity contribution in [1.82, 2.24) is 15.5 Å². The summed E-state index contributed by atoms with van der Waals surface area (Å²) in [5.74, 6) is 1.57. The first-order valence-corrected chi connectivity index (χ1v) is 9.68. The largest absolute Gasteiger partial charge is 0.357 e. The van der Waals surface area contributed by atoms with Crippen molar-refractivity contribution in [3.63, 3.8) is 0 Å². The van der Waals surface area contributed by atoms with E-state index in [1.54, 1.807) is 11.3 Å². The zero-order valence-corrected chi connectivity index (χ0v) is 16.3. The van der Waals surface area contributed by atoms with Gasteiger partial charge in [0.15, 0.2) is 5.96 Å². The monoisotopic (exact) mass is 386 g/mol. The van der Waals surface area contributed by atoms with Gasteiger partial charge in [-0.1, -0.05) is 6.92 Å². The van der Waals surface area contributed by atoms with Crippen LogP contribution in [0.15, 0.2) is 20.9 Å². The summed E-state index contributed by atoms with van der Waals surface area (Å²) in [6.07, 6.45) is 0. The van der Waals surface area contributed by atoms with Gasteiger partial charge in [-0.2, -0.15) is 0 Å². The van der Waals surface area contributed by atoms with Gasteiger partial charge in [-0.3, -0.25) is 4.90 Å². The fraction of sp³-hybridized carbons (Fsp3) is 0.688. The zero-order chi connectivity index (χ0) is 16.1. The molecule has 1 aliphatic rings. The van der Waals surface area contributed by atoms with Gasteiger partial charge in [-0.15, -0.1) is 11.3 Å². The molecule has 124 valence electrons. The van der Waals surface area contributed by atoms with Gasteiger partial charge in [-0.25, -0.2) is 4.99 Å². The van der Waals surface area contributed by atoms with E-state index in [0.29, 0.717) is 18.0 Å². The van der Waals surface area contributed by atoms with E-state index in [9.17, 15) is 0 Å². The molecule has 1 fully saturated rings. The highest BCUT2D eigenvalue weighted by molar-refractivity contribution is 9.10. The molecule has 0 radical (unpaired) electrons. The Morgan fingerprint density at radius 1 is 1.50 bits per heavy atom. The van der Waals surface area contributed by atoms with Crippen molar-refractivity contribution in [2.45, 2.75) is 46.3 Å². The van der Waals surface area contributed by atoms with Crippen molar-refractivity contribution in [2.75, 3.05) is 19.6 Å². The summed E-state index contributed by atoms with van der Waals surface area (Å²) in [7, 11) is 0. The number of hydrogen-bond acceptors (Lipinski definition) is 3. The van der Waals surface area contributed by atoms with E-state index in [1.165, 1.54) is 4.88 Å². The molecule has 1 aliphatic heterocycles. The smallest absolute Gasteiger partial charge is 0.191 e. The second-order valence-corrected chi connectivity index (χ2v) is 8.11. The van der Waals surface area contributed by atoms with Gasteiger partial charge in [0.1, 0.15) is 0 Å². The summed E-state index contributed by atoms with van der Waals surface area (Å²) in [5.41, 5.74) is 0. The number of rotatable bonds is 5. The lowest BCUT2D eigenvalue weighted by Crippen LogP contribution is -2.46. The van der Waals surface area contributed by atoms with E-state index >= 15 is 0 Å². The molecule has 1 aromatic rings. The molecule has 0 aliphatic carbocycles. The van der Waals surface area contributed by atoms with Crippen LogP contribution >= 0.6 is 27.3 Å². The molecule has 2 rings (SSSR count). The quantitative estimate of drug-likeness (QED) is 0.602. The first-order valence-electron chi connectivity index (χ1n) is 8.01. The predicted molar refractivity (Wildman–Crippen MR) is 99.6 cm³/mol. The predicted octanol–water partition coefficient (Wildman–Crippen LogP) is 3.29. The minimum Gasteiger partial charge on any atom is -0.357 e. The van der Waals surface area contributed by atoms with Crippen LogP contribution in [0, 0.1) is 5.92 Å². The van der Waals surface area contributed by atoms with Crippen LogP contribution in [-0.2, 0) is 6.54 Å². The maximum atomic E-state index is 4.73. The van der Waals surface area contributed by atoms with Crippen LogP contribution in [0.5, 0.6) is 0 Å². The first-order chi connectivity index (χ1) is 10.5. The van der Waals surface area contributed by atoms with Crippen LogP contribution in [0.1, 0.15) is 32.6 Å². The molecule has 2 unspecified atom stereocenters. The molecule has 2 N–H and O–H groups in total. The van der Waals surface area contributed by atoms with Gasteiger partial charge >= 0.3 is 0 Å². The first kappa shape index (κ1) is 17.8. The lowest BCUT2D eigenvalue weighted by atomic mass is 10.1. The van der Waals surface area contributed by atoms with Crippen LogP contribution < -0.4 is 10.6 Å². The van der Waals surface area contributed by atoms with Crippen molar-refractivity contribution < 1.29 is 0 Å². The van der Waals surface area contributed by atoms with Crippen LogP contribution in [0.3, 0.4) is 0 Å². The normalized spacial score (nSPS) is 23.3. The van der Waals surface area contributed by atoms with Crippen LogP contribution in [0.2, 0.25) is 0 Å². The Morgan fingerprint density at radius 3 is 2.82 bits per heavy atom. The summed E-state index contributed by atoms with van der Waals surface area (Å²) in [4.78, 5) is 8.53. The van der Waals surface area contributed by atoms with Gasteiger partial charge in [0.2, 0.25) is 0 Å². The number of likely N-dealkylation sites (tertiary alicyclic amines) is 1. The SMILES string of the molecule is CCNC(=NCc1cc(Br)cs1)NC1CN(C(C)C)CC1C. The topological polar surface area (TPSA) is 39.7 Å². The second-order valence-electron chi connectivity index (χ2n) is 6.20. The zero-order valence-electron chi connectivity index (χ0n) is 13.9. The molecule has 2 atom stereocenters. The summed E-state index contributed by atoms with van der Waals surface area (Å²) < 4.78 is 1.14. The number of thiophene rings is 1. The van der Waals surface area contributed by atoms with Gasteiger partial charge in [0.05, 0.1) is 6.54 Å². The van der Waals surface area contributed by atoms with Gasteiger partial charge < -0.3 is 10.6 Å². The fourth-order valence-corrected chi connectivity index (χ4v) is 4.08. The molecule has 1 aromatic heterocycles. The molecule has 2 heterocycles. The summed E-state index contributed by atoms with van der Waals surface area (Å²) in [6, 6.07) is 3.21. The standard InChI is InChI=1S/C16H27BrN4S/c1-5-18-16(19-7-14-6-13(17)10-22-14)20-15-9-21(11(2)3)8-12(15)4/h6,10-12,15H,5,7-9H2,1-4H3,(H2,18,19,20). The van der Waals surface area contributed by atoms with Gasteiger partial charge in [0.25, 0.3) is 0 Å². The van der Waals surface area contributed by atoms with Crippen molar-refractivity contribution in [3.8, 4) is 0 Å². The van der Waals surface area contributed by atoms with Gasteiger partial charge in [0, 0.05) is 46.4 Å². The molecule has 6 heteroatoms. The Hall–Kier alpha value is -0.590. The maximum Gasteiger partial charge on any atom is 0.191 e. The fourth-order valence-electron chi connectivity index (χ4n) is 2.70. The molecule has 0 bridgehead atoms. The average Bonchev–Trinajstić information content (AvgIpc) is 3.03. The van der Waals surface area contributed by atoms with Crippen molar-refractivity contribution >= 4 is 33.2 Å². The third-order valence-electron chi connectivity index (χ3n) is 4.05. The molecular formula is C16H27BrN4S. The molecular weight excluding hydrogens is 360 g/mol. The lowest BCUT2D eigenvalue weighted by Gasteiger charge is -2.21. The van der Waals surface area contributed by atoms with E-state index in [1.807, 2.05) is 0 Å². The molecule has 0 saturated carbocycles. The highest BCUT2D eigenvalue weighted by Crippen LogP contribution is 2.21. The van der Waals surface area contributed by atoms with E-state index < -0.39 is 0 Å². The molecule has 0 spiro atoms. The number of nitrogens with zero attached hydrogens (tertiary/aromatic N) is 2. The molecule has 0 aromatic carbocycles. The highest BCUT2D eigenvalue weighted by Gasteiger charge is 2.31. The van der Waals surface area contributed by atoms with Crippen molar-refractivity contribution in [3.05, 3.63) is 20.8 Å². The minimum atomic E-state index is 0.468. The van der Waals surface area contributed by atoms with E-state index in [0.717, 1.165) is 36.6 Å². The average molecular weight is 387 g/mol. The van der Waals surface area contributed by atoms with Crippen LogP contribution in [0.25, 0.3) is 0 Å². The van der Waals surface area contributed by atoms with Crippen molar-refractivity contribution in [1.29, 1.82) is 0 Å². The summed E-state index contributed by atoms with van der Waals surface area (Å²) >= 11 is 5.23. The molecule has 0 amide bonds. The van der Waals surface area contributed by atoms with Crippen molar-refractivity contribution in [2.24, 2.45) is 10.9 Å². The molecule has 4 nitrogen and oxygen atoms in total. The van der Waals surface area contributed by atoms with E-state index in [-0.39, 0.29) is 0 Å². The van der Waals surface area contributed by atoms with E-state index in [4.69, 9.17) is 4.99 Å². The Kier molecular flexibility index (Phi) is 6.71. The lowest BCUT2D eigenvalue weighted by molar-refractivity contribution is 0.265. The summed E-state index contributed by atoms with van der Waals surface area (Å²) in [6.45, 7) is 12.8. The second kappa shape index (κ2) is 8.31. The molecule has 22 heavy (non-hydrogen) atoms. The Balaban J connectivity index is 1.96. The number of halogens is 1. The Labute approximate surface area is 146 Å². The number of hydrogen-bond donors (Lipinski definition) is 2. The molecule has 1 saturated heterocycles. The number of guanidine groups is 1. The highest BCUT2D eigenvalue weighted by atomic mass is 79.9. The van der Waals surface area contributed by atoms with Gasteiger partial charge in [-0.05, 0) is 48.7 Å².